The summed E-state index contributed by atoms with van der Waals surface area (Å²) >= 11 is 0. The number of alkyl halides is 3. The molecule has 0 bridgehead atoms. The van der Waals surface area contributed by atoms with Gasteiger partial charge in [-0.15, -0.1) is 13.2 Å². The molecule has 1 rings (SSSR count). The van der Waals surface area contributed by atoms with Crippen LogP contribution in [0, 0.1) is 5.95 Å². The van der Waals surface area contributed by atoms with Gasteiger partial charge in [-0.2, -0.15) is 9.37 Å². The molecule has 0 radical (unpaired) electrons. The number of rotatable bonds is 2. The molecular weight excluding hydrogens is 206 g/mol. The fourth-order valence-corrected chi connectivity index (χ4v) is 0.733. The van der Waals surface area contributed by atoms with E-state index in [0.29, 0.717) is 0 Å². The molecule has 1 aromatic rings. The molecule has 14 heavy (non-hydrogen) atoms. The van der Waals surface area contributed by atoms with Gasteiger partial charge in [-0.25, -0.2) is 0 Å². The van der Waals surface area contributed by atoms with E-state index in [0.717, 1.165) is 12.1 Å². The molecule has 0 saturated carbocycles. The molecule has 1 heterocycles. The zero-order valence-electron chi connectivity index (χ0n) is 6.93. The molecule has 0 aliphatic heterocycles. The summed E-state index contributed by atoms with van der Waals surface area (Å²) in [6, 6.07) is 1.85. The van der Waals surface area contributed by atoms with Gasteiger partial charge in [-0.3, -0.25) is 0 Å². The van der Waals surface area contributed by atoms with Gasteiger partial charge < -0.3 is 9.47 Å². The van der Waals surface area contributed by atoms with Crippen LogP contribution in [0.4, 0.5) is 17.6 Å². The van der Waals surface area contributed by atoms with Gasteiger partial charge in [-0.1, -0.05) is 0 Å². The van der Waals surface area contributed by atoms with Crippen LogP contribution in [0.2, 0.25) is 0 Å². The second kappa shape index (κ2) is 3.69. The number of hydrogen-bond acceptors (Lipinski definition) is 3. The van der Waals surface area contributed by atoms with Crippen LogP contribution in [0.1, 0.15) is 0 Å². The van der Waals surface area contributed by atoms with Gasteiger partial charge in [0, 0.05) is 6.07 Å². The third-order valence-electron chi connectivity index (χ3n) is 1.23. The minimum absolute atomic E-state index is 0.250. The summed E-state index contributed by atoms with van der Waals surface area (Å²) in [5.41, 5.74) is 0. The highest BCUT2D eigenvalue weighted by molar-refractivity contribution is 5.24. The van der Waals surface area contributed by atoms with Gasteiger partial charge in [0.05, 0.1) is 7.11 Å². The molecule has 7 heteroatoms. The first kappa shape index (κ1) is 10.6. The molecule has 0 N–H and O–H groups in total. The number of hydrogen-bond donors (Lipinski definition) is 0. The summed E-state index contributed by atoms with van der Waals surface area (Å²) in [5, 5.41) is 0. The number of halogens is 4. The van der Waals surface area contributed by atoms with Gasteiger partial charge in [0.25, 0.3) is 5.95 Å². The van der Waals surface area contributed by atoms with E-state index in [1.54, 1.807) is 0 Å². The van der Waals surface area contributed by atoms with Crippen LogP contribution in [-0.4, -0.2) is 18.5 Å². The molecule has 78 valence electrons. The Morgan fingerprint density at radius 2 is 1.93 bits per heavy atom. The van der Waals surface area contributed by atoms with Crippen molar-refractivity contribution in [3.05, 3.63) is 18.1 Å². The first-order chi connectivity index (χ1) is 6.42. The minimum Gasteiger partial charge on any atom is -0.492 e. The maximum absolute atomic E-state index is 12.7. The van der Waals surface area contributed by atoms with Crippen LogP contribution >= 0.6 is 0 Å². The minimum atomic E-state index is -4.88. The zero-order valence-corrected chi connectivity index (χ0v) is 6.93. The third kappa shape index (κ3) is 2.75. The molecule has 0 aliphatic rings. The van der Waals surface area contributed by atoms with Crippen molar-refractivity contribution in [2.45, 2.75) is 6.36 Å². The molecule has 0 spiro atoms. The first-order valence-corrected chi connectivity index (χ1v) is 3.38. The van der Waals surface area contributed by atoms with Crippen LogP contribution in [0.5, 0.6) is 11.6 Å². The molecule has 0 unspecified atom stereocenters. The molecule has 0 amide bonds. The van der Waals surface area contributed by atoms with Crippen molar-refractivity contribution in [2.75, 3.05) is 7.11 Å². The van der Waals surface area contributed by atoms with Crippen LogP contribution in [0.15, 0.2) is 12.1 Å². The van der Waals surface area contributed by atoms with Crippen molar-refractivity contribution < 1.29 is 27.0 Å². The fraction of sp³-hybridized carbons (Fsp3) is 0.286. The van der Waals surface area contributed by atoms with Gasteiger partial charge in [0.2, 0.25) is 5.88 Å². The molecule has 3 nitrogen and oxygen atoms in total. The van der Waals surface area contributed by atoms with Crippen molar-refractivity contribution in [3.8, 4) is 11.6 Å². The lowest BCUT2D eigenvalue weighted by atomic mass is 10.4. The third-order valence-corrected chi connectivity index (χ3v) is 1.23. The largest absolute Gasteiger partial charge is 0.574 e. The predicted molar refractivity (Wildman–Crippen MR) is 37.4 cm³/mol. The van der Waals surface area contributed by atoms with Gasteiger partial charge in [0.15, 0.2) is 5.75 Å². The molecule has 0 saturated heterocycles. The van der Waals surface area contributed by atoms with E-state index in [1.165, 1.54) is 7.11 Å². The summed E-state index contributed by atoms with van der Waals surface area (Å²) < 4.78 is 55.5. The molecule has 0 aliphatic carbocycles. The normalized spacial score (nSPS) is 11.2. The van der Waals surface area contributed by atoms with E-state index in [-0.39, 0.29) is 5.75 Å². The van der Waals surface area contributed by atoms with Crippen LogP contribution in [0.25, 0.3) is 0 Å². The Kier molecular flexibility index (Phi) is 2.78. The standard InChI is InChI=1S/C7H5F4NO2/c1-13-4-2-3-5(12-6(4)8)14-7(9,10)11/h2-3H,1H3. The van der Waals surface area contributed by atoms with Crippen LogP contribution in [0.3, 0.4) is 0 Å². The van der Waals surface area contributed by atoms with Crippen molar-refractivity contribution in [3.63, 3.8) is 0 Å². The smallest absolute Gasteiger partial charge is 0.492 e. The topological polar surface area (TPSA) is 31.4 Å². The van der Waals surface area contributed by atoms with E-state index in [4.69, 9.17) is 0 Å². The lowest BCUT2D eigenvalue weighted by molar-refractivity contribution is -0.276. The summed E-state index contributed by atoms with van der Waals surface area (Å²) in [7, 11) is 1.17. The Labute approximate surface area is 76.3 Å². The molecule has 0 aromatic carbocycles. The highest BCUT2D eigenvalue weighted by Crippen LogP contribution is 2.23. The SMILES string of the molecule is COc1ccc(OC(F)(F)F)nc1F. The summed E-state index contributed by atoms with van der Waals surface area (Å²) in [6.45, 7) is 0. The van der Waals surface area contributed by atoms with E-state index in [2.05, 4.69) is 14.5 Å². The number of ether oxygens (including phenoxy) is 2. The maximum Gasteiger partial charge on any atom is 0.574 e. The molecular formula is C7H5F4NO2. The molecule has 0 fully saturated rings. The van der Waals surface area contributed by atoms with Crippen molar-refractivity contribution in [2.24, 2.45) is 0 Å². The lowest BCUT2D eigenvalue weighted by Gasteiger charge is -2.08. The quantitative estimate of drug-likeness (QED) is 0.554. The van der Waals surface area contributed by atoms with E-state index in [9.17, 15) is 17.6 Å². The van der Waals surface area contributed by atoms with Crippen molar-refractivity contribution >= 4 is 0 Å². The Morgan fingerprint density at radius 3 is 2.36 bits per heavy atom. The molecule has 1 aromatic heterocycles. The van der Waals surface area contributed by atoms with Crippen molar-refractivity contribution in [1.82, 2.24) is 4.98 Å². The fourth-order valence-electron chi connectivity index (χ4n) is 0.733. The maximum atomic E-state index is 12.7. The van der Waals surface area contributed by atoms with E-state index in [1.807, 2.05) is 0 Å². The predicted octanol–water partition coefficient (Wildman–Crippen LogP) is 2.13. The average Bonchev–Trinajstić information content (AvgIpc) is 2.01. The second-order valence-corrected chi connectivity index (χ2v) is 2.19. The summed E-state index contributed by atoms with van der Waals surface area (Å²) in [6.07, 6.45) is -4.88. The average molecular weight is 211 g/mol. The Hall–Kier alpha value is -1.53. The number of pyridine rings is 1. The van der Waals surface area contributed by atoms with E-state index >= 15 is 0 Å². The zero-order chi connectivity index (χ0) is 10.8. The number of methoxy groups -OCH3 is 1. The van der Waals surface area contributed by atoms with Crippen LogP contribution < -0.4 is 9.47 Å². The lowest BCUT2D eigenvalue weighted by Crippen LogP contribution is -2.18. The summed E-state index contributed by atoms with van der Waals surface area (Å²) in [4.78, 5) is 2.90. The van der Waals surface area contributed by atoms with Gasteiger partial charge in [-0.05, 0) is 6.07 Å². The Morgan fingerprint density at radius 1 is 1.29 bits per heavy atom. The van der Waals surface area contributed by atoms with Crippen LogP contribution in [-0.2, 0) is 0 Å². The Balaban J connectivity index is 2.87. The number of aromatic nitrogens is 1. The highest BCUT2D eigenvalue weighted by Gasteiger charge is 2.32. The Bertz CT molecular complexity index is 326. The monoisotopic (exact) mass is 211 g/mol. The second-order valence-electron chi connectivity index (χ2n) is 2.19. The van der Waals surface area contributed by atoms with Crippen molar-refractivity contribution in [1.29, 1.82) is 0 Å². The molecule has 0 atom stereocenters. The van der Waals surface area contributed by atoms with Gasteiger partial charge >= 0.3 is 6.36 Å². The van der Waals surface area contributed by atoms with E-state index < -0.39 is 18.2 Å². The summed E-state index contributed by atoms with van der Waals surface area (Å²) in [5.74, 6) is -2.27. The highest BCUT2D eigenvalue weighted by atomic mass is 19.4. The first-order valence-electron chi connectivity index (χ1n) is 3.38. The van der Waals surface area contributed by atoms with Gasteiger partial charge in [0.1, 0.15) is 0 Å². The number of nitrogens with zero attached hydrogens (tertiary/aromatic N) is 1.